The molecule has 0 amide bonds. The average molecular weight is 440 g/mol. The summed E-state index contributed by atoms with van der Waals surface area (Å²) in [5.74, 6) is 0.0660. The lowest BCUT2D eigenvalue weighted by Gasteiger charge is -2.18. The molecule has 7 nitrogen and oxygen atoms in total. The monoisotopic (exact) mass is 439 g/mol. The molecule has 2 aliphatic rings. The van der Waals surface area contributed by atoms with Crippen LogP contribution in [0, 0.1) is 0 Å². The number of ether oxygens (including phenoxy) is 2. The summed E-state index contributed by atoms with van der Waals surface area (Å²) in [6.45, 7) is 3.52. The minimum atomic E-state index is -0.584. The van der Waals surface area contributed by atoms with Gasteiger partial charge < -0.3 is 25.1 Å². The Bertz CT molecular complexity index is 1240. The number of pyridine rings is 1. The third kappa shape index (κ3) is 3.35. The lowest BCUT2D eigenvalue weighted by atomic mass is 10.0. The van der Waals surface area contributed by atoms with E-state index in [1.165, 1.54) is 10.4 Å². The fourth-order valence-electron chi connectivity index (χ4n) is 4.30. The van der Waals surface area contributed by atoms with E-state index in [0.717, 1.165) is 41.9 Å². The van der Waals surface area contributed by atoms with Gasteiger partial charge in [0.05, 0.1) is 30.7 Å². The number of hydrogen-bond donors (Lipinski definition) is 2. The average Bonchev–Trinajstić information content (AvgIpc) is 3.51. The van der Waals surface area contributed by atoms with Crippen LogP contribution in [0.4, 0.5) is 0 Å². The van der Waals surface area contributed by atoms with Gasteiger partial charge >= 0.3 is 5.97 Å². The zero-order valence-electron chi connectivity index (χ0n) is 17.6. The first-order chi connectivity index (χ1) is 15.0. The molecule has 0 radical (unpaired) electrons. The number of aromatic nitrogens is 1. The van der Waals surface area contributed by atoms with Gasteiger partial charge in [-0.1, -0.05) is 0 Å². The van der Waals surface area contributed by atoms with Gasteiger partial charge in [-0.15, -0.1) is 11.3 Å². The van der Waals surface area contributed by atoms with Crippen molar-refractivity contribution in [2.24, 2.45) is 5.73 Å². The van der Waals surface area contributed by atoms with E-state index in [0.29, 0.717) is 11.1 Å². The van der Waals surface area contributed by atoms with Gasteiger partial charge in [0.2, 0.25) is 5.43 Å². The second-order valence-electron chi connectivity index (χ2n) is 8.01. The van der Waals surface area contributed by atoms with Crippen molar-refractivity contribution in [1.29, 1.82) is 0 Å². The van der Waals surface area contributed by atoms with Crippen LogP contribution in [-0.2, 0) is 11.3 Å². The van der Waals surface area contributed by atoms with Gasteiger partial charge in [-0.2, -0.15) is 0 Å². The third-order valence-electron chi connectivity index (χ3n) is 5.91. The summed E-state index contributed by atoms with van der Waals surface area (Å²) < 4.78 is 13.0. The molecule has 162 valence electrons. The number of nitrogens with zero attached hydrogens (tertiary/aromatic N) is 1. The Balaban J connectivity index is 1.74. The highest BCUT2D eigenvalue weighted by atomic mass is 32.1. The molecule has 8 heteroatoms. The van der Waals surface area contributed by atoms with E-state index in [2.05, 4.69) is 11.4 Å². The minimum absolute atomic E-state index is 0.0225. The number of hydrogen-bond acceptors (Lipinski definition) is 7. The van der Waals surface area contributed by atoms with Crippen LogP contribution in [0.1, 0.15) is 52.6 Å². The van der Waals surface area contributed by atoms with E-state index in [4.69, 9.17) is 15.2 Å². The summed E-state index contributed by atoms with van der Waals surface area (Å²) in [5.41, 5.74) is 8.90. The van der Waals surface area contributed by atoms with Gasteiger partial charge in [-0.05, 0) is 43.5 Å². The number of carbonyl (C=O) groups excluding carboxylic acids is 1. The number of esters is 1. The molecule has 31 heavy (non-hydrogen) atoms. The Morgan fingerprint density at radius 1 is 1.35 bits per heavy atom. The van der Waals surface area contributed by atoms with Crippen molar-refractivity contribution >= 4 is 28.2 Å². The molecule has 1 aliphatic carbocycles. The van der Waals surface area contributed by atoms with E-state index in [9.17, 15) is 9.59 Å². The molecular formula is C23H25N3O4S. The maximum absolute atomic E-state index is 13.2. The molecular weight excluding hydrogens is 414 g/mol. The number of thiophene rings is 1. The molecule has 0 bridgehead atoms. The molecule has 3 N–H and O–H groups in total. The van der Waals surface area contributed by atoms with Gasteiger partial charge in [-0.25, -0.2) is 4.79 Å². The lowest BCUT2D eigenvalue weighted by Crippen LogP contribution is -2.31. The van der Waals surface area contributed by atoms with Crippen LogP contribution in [-0.4, -0.2) is 30.8 Å². The van der Waals surface area contributed by atoms with Crippen LogP contribution in [0.2, 0.25) is 0 Å². The number of rotatable bonds is 5. The van der Waals surface area contributed by atoms with Crippen molar-refractivity contribution in [1.82, 2.24) is 9.88 Å². The Morgan fingerprint density at radius 2 is 2.16 bits per heavy atom. The Morgan fingerprint density at radius 3 is 2.84 bits per heavy atom. The molecule has 1 unspecified atom stereocenters. The summed E-state index contributed by atoms with van der Waals surface area (Å²) in [4.78, 5) is 27.8. The Kier molecular flexibility index (Phi) is 5.08. The molecule has 1 saturated carbocycles. The van der Waals surface area contributed by atoms with Gasteiger partial charge in [0.25, 0.3) is 0 Å². The molecule has 5 rings (SSSR count). The van der Waals surface area contributed by atoms with Crippen molar-refractivity contribution in [2.75, 3.05) is 20.3 Å². The maximum Gasteiger partial charge on any atom is 0.343 e. The molecule has 1 atom stereocenters. The van der Waals surface area contributed by atoms with Gasteiger partial charge in [-0.3, -0.25) is 4.79 Å². The van der Waals surface area contributed by atoms with E-state index < -0.39 is 5.97 Å². The van der Waals surface area contributed by atoms with Crippen LogP contribution in [0.25, 0.3) is 21.3 Å². The quantitative estimate of drug-likeness (QED) is 0.592. The standard InChI is InChI=1S/C23H25N3O4S/c1-3-30-23(28)16-11-26(13-4-5-13)19-15(20(16)27)7-6-14(21(19)29-2)18-8-12-9-25-10-17(24)22(12)31-18/h6-8,11,13,17,25H,3-5,9-10,24H2,1-2H3. The fourth-order valence-corrected chi connectivity index (χ4v) is 5.50. The van der Waals surface area contributed by atoms with Crippen LogP contribution in [0.3, 0.4) is 0 Å². The van der Waals surface area contributed by atoms with E-state index in [1.807, 2.05) is 10.6 Å². The largest absolute Gasteiger partial charge is 0.494 e. The first kappa shape index (κ1) is 20.2. The number of carbonyl (C=O) groups is 1. The highest BCUT2D eigenvalue weighted by Crippen LogP contribution is 2.45. The fraction of sp³-hybridized carbons (Fsp3) is 0.391. The topological polar surface area (TPSA) is 95.6 Å². The second-order valence-corrected chi connectivity index (χ2v) is 9.09. The zero-order chi connectivity index (χ0) is 21.7. The van der Waals surface area contributed by atoms with Crippen molar-refractivity contribution < 1.29 is 14.3 Å². The molecule has 1 aliphatic heterocycles. The molecule has 3 heterocycles. The minimum Gasteiger partial charge on any atom is -0.494 e. The molecule has 2 aromatic heterocycles. The van der Waals surface area contributed by atoms with Crippen molar-refractivity contribution in [3.8, 4) is 16.2 Å². The normalized spacial score (nSPS) is 18.1. The first-order valence-corrected chi connectivity index (χ1v) is 11.4. The summed E-state index contributed by atoms with van der Waals surface area (Å²) in [5, 5.41) is 3.81. The summed E-state index contributed by atoms with van der Waals surface area (Å²) >= 11 is 1.68. The number of nitrogens with two attached hydrogens (primary N) is 1. The summed E-state index contributed by atoms with van der Waals surface area (Å²) in [6, 6.07) is 6.08. The second kappa shape index (κ2) is 7.78. The van der Waals surface area contributed by atoms with Crippen molar-refractivity contribution in [3.05, 3.63) is 50.6 Å². The molecule has 3 aromatic rings. The van der Waals surface area contributed by atoms with E-state index >= 15 is 0 Å². The predicted octanol–water partition coefficient (Wildman–Crippen LogP) is 3.35. The Labute approximate surface area is 183 Å². The molecule has 1 aromatic carbocycles. The molecule has 0 saturated heterocycles. The summed E-state index contributed by atoms with van der Waals surface area (Å²) in [7, 11) is 1.63. The third-order valence-corrected chi connectivity index (χ3v) is 7.25. The number of benzene rings is 1. The van der Waals surface area contributed by atoms with Gasteiger partial charge in [0, 0.05) is 40.6 Å². The summed E-state index contributed by atoms with van der Waals surface area (Å²) in [6.07, 6.45) is 3.65. The Hall–Kier alpha value is -2.68. The number of fused-ring (bicyclic) bond motifs is 2. The van der Waals surface area contributed by atoms with Crippen LogP contribution < -0.4 is 21.2 Å². The van der Waals surface area contributed by atoms with Crippen molar-refractivity contribution in [2.45, 2.75) is 38.4 Å². The molecule has 0 spiro atoms. The predicted molar refractivity (Wildman–Crippen MR) is 121 cm³/mol. The molecule has 1 fully saturated rings. The van der Waals surface area contributed by atoms with Crippen LogP contribution in [0.5, 0.6) is 5.75 Å². The SMILES string of the molecule is CCOC(=O)c1cn(C2CC2)c2c(OC)c(-c3cc4c(s3)C(N)CNC4)ccc2c1=O. The van der Waals surface area contributed by atoms with Gasteiger partial charge in [0.1, 0.15) is 5.56 Å². The zero-order valence-corrected chi connectivity index (χ0v) is 18.4. The van der Waals surface area contributed by atoms with Gasteiger partial charge in [0.15, 0.2) is 5.75 Å². The highest BCUT2D eigenvalue weighted by Gasteiger charge is 2.30. The van der Waals surface area contributed by atoms with Crippen LogP contribution >= 0.6 is 11.3 Å². The van der Waals surface area contributed by atoms with Crippen molar-refractivity contribution in [3.63, 3.8) is 0 Å². The smallest absolute Gasteiger partial charge is 0.343 e. The highest BCUT2D eigenvalue weighted by molar-refractivity contribution is 7.15. The number of nitrogens with one attached hydrogen (secondary N) is 1. The lowest BCUT2D eigenvalue weighted by molar-refractivity contribution is 0.0524. The van der Waals surface area contributed by atoms with Crippen LogP contribution in [0.15, 0.2) is 29.2 Å². The number of methoxy groups -OCH3 is 1. The first-order valence-electron chi connectivity index (χ1n) is 10.6. The maximum atomic E-state index is 13.2. The van der Waals surface area contributed by atoms with E-state index in [1.54, 1.807) is 37.6 Å². The van der Waals surface area contributed by atoms with E-state index in [-0.39, 0.29) is 29.7 Å².